The van der Waals surface area contributed by atoms with Crippen LogP contribution in [0.3, 0.4) is 0 Å². The van der Waals surface area contributed by atoms with Gasteiger partial charge in [0.25, 0.3) is 5.56 Å². The quantitative estimate of drug-likeness (QED) is 0.692. The molecule has 1 heterocycles. The predicted octanol–water partition coefficient (Wildman–Crippen LogP) is 0.936. The fourth-order valence-corrected chi connectivity index (χ4v) is 0.774. The number of hydrogen-bond acceptors (Lipinski definition) is 2. The van der Waals surface area contributed by atoms with Crippen LogP contribution in [0.15, 0.2) is 23.1 Å². The summed E-state index contributed by atoms with van der Waals surface area (Å²) in [6.45, 7) is 4.02. The first-order valence-electron chi connectivity index (χ1n) is 4.12. The summed E-state index contributed by atoms with van der Waals surface area (Å²) in [5, 5.41) is 8.49. The van der Waals surface area contributed by atoms with E-state index in [0.29, 0.717) is 12.0 Å². The van der Waals surface area contributed by atoms with Gasteiger partial charge in [-0.15, -0.1) is 0 Å². The third-order valence-electron chi connectivity index (χ3n) is 1.28. The molecule has 3 heteroatoms. The number of H-pyrrole nitrogens is 1. The second-order valence-electron chi connectivity index (χ2n) is 2.00. The molecule has 1 rings (SSSR count). The van der Waals surface area contributed by atoms with E-state index in [0.717, 1.165) is 0 Å². The van der Waals surface area contributed by atoms with Crippen molar-refractivity contribution in [3.8, 4) is 0 Å². The van der Waals surface area contributed by atoms with Gasteiger partial charge in [0, 0.05) is 24.8 Å². The summed E-state index contributed by atoms with van der Waals surface area (Å²) < 4.78 is 0. The van der Waals surface area contributed by atoms with E-state index in [2.05, 4.69) is 4.98 Å². The van der Waals surface area contributed by atoms with Crippen LogP contribution in [0.2, 0.25) is 0 Å². The van der Waals surface area contributed by atoms with Crippen molar-refractivity contribution < 1.29 is 5.11 Å². The van der Waals surface area contributed by atoms with E-state index in [9.17, 15) is 4.79 Å². The summed E-state index contributed by atoms with van der Waals surface area (Å²) in [4.78, 5) is 13.4. The molecule has 0 saturated heterocycles. The molecule has 0 atom stereocenters. The summed E-state index contributed by atoms with van der Waals surface area (Å²) in [6, 6.07) is 3.45. The number of aliphatic hydroxyl groups excluding tert-OH is 1. The molecular formula is C9H15NO2. The van der Waals surface area contributed by atoms with Gasteiger partial charge in [-0.2, -0.15) is 0 Å². The average Bonchev–Trinajstić information content (AvgIpc) is 2.13. The molecule has 0 radical (unpaired) electrons. The first-order valence-corrected chi connectivity index (χ1v) is 4.12. The van der Waals surface area contributed by atoms with Crippen LogP contribution in [-0.4, -0.2) is 16.7 Å². The second-order valence-corrected chi connectivity index (χ2v) is 2.00. The molecule has 0 unspecified atom stereocenters. The van der Waals surface area contributed by atoms with E-state index in [1.165, 1.54) is 0 Å². The highest BCUT2D eigenvalue weighted by Gasteiger charge is 1.94. The minimum Gasteiger partial charge on any atom is -0.396 e. The van der Waals surface area contributed by atoms with Crippen LogP contribution in [0.1, 0.15) is 19.4 Å². The van der Waals surface area contributed by atoms with Gasteiger partial charge in [0.1, 0.15) is 0 Å². The van der Waals surface area contributed by atoms with Crippen molar-refractivity contribution in [1.29, 1.82) is 0 Å². The van der Waals surface area contributed by atoms with Crippen LogP contribution < -0.4 is 5.56 Å². The molecule has 2 N–H and O–H groups in total. The van der Waals surface area contributed by atoms with Gasteiger partial charge in [0.05, 0.1) is 0 Å². The standard InChI is InChI=1S/C7H9NO2.C2H6/c9-5-3-6-2-1-4-8-7(6)10;1-2/h1-2,4,9H,3,5H2,(H,8,10);1-2H3. The Morgan fingerprint density at radius 2 is 2.17 bits per heavy atom. The van der Waals surface area contributed by atoms with Gasteiger partial charge < -0.3 is 10.1 Å². The summed E-state index contributed by atoms with van der Waals surface area (Å²) in [5.41, 5.74) is 0.515. The Morgan fingerprint density at radius 3 is 2.67 bits per heavy atom. The molecule has 0 aromatic carbocycles. The smallest absolute Gasteiger partial charge is 0.251 e. The summed E-state index contributed by atoms with van der Waals surface area (Å²) in [5.74, 6) is 0. The van der Waals surface area contributed by atoms with Crippen molar-refractivity contribution in [2.45, 2.75) is 20.3 Å². The minimum absolute atomic E-state index is 0.0209. The number of aromatic nitrogens is 1. The predicted molar refractivity (Wildman–Crippen MR) is 49.2 cm³/mol. The van der Waals surface area contributed by atoms with Crippen molar-refractivity contribution in [2.24, 2.45) is 0 Å². The minimum atomic E-state index is -0.114. The monoisotopic (exact) mass is 169 g/mol. The Kier molecular flexibility index (Phi) is 6.01. The molecule has 0 bridgehead atoms. The molecule has 0 aliphatic heterocycles. The number of aliphatic hydroxyl groups is 1. The molecule has 0 spiro atoms. The summed E-state index contributed by atoms with van der Waals surface area (Å²) in [6.07, 6.45) is 2.00. The molecule has 3 nitrogen and oxygen atoms in total. The number of hydrogen-bond donors (Lipinski definition) is 2. The lowest BCUT2D eigenvalue weighted by molar-refractivity contribution is 0.299. The van der Waals surface area contributed by atoms with Crippen molar-refractivity contribution in [1.82, 2.24) is 4.98 Å². The Labute approximate surface area is 72.1 Å². The van der Waals surface area contributed by atoms with Gasteiger partial charge >= 0.3 is 0 Å². The Balaban J connectivity index is 0.000000561. The maximum atomic E-state index is 10.8. The van der Waals surface area contributed by atoms with Crippen molar-refractivity contribution >= 4 is 0 Å². The highest BCUT2D eigenvalue weighted by molar-refractivity contribution is 5.08. The van der Waals surface area contributed by atoms with E-state index in [-0.39, 0.29) is 12.2 Å². The molecule has 1 aromatic heterocycles. The average molecular weight is 169 g/mol. The van der Waals surface area contributed by atoms with Gasteiger partial charge in [0.15, 0.2) is 0 Å². The molecule has 0 aliphatic rings. The summed E-state index contributed by atoms with van der Waals surface area (Å²) >= 11 is 0. The fourth-order valence-electron chi connectivity index (χ4n) is 0.774. The van der Waals surface area contributed by atoms with E-state index in [1.54, 1.807) is 18.3 Å². The van der Waals surface area contributed by atoms with Crippen LogP contribution in [0.25, 0.3) is 0 Å². The molecule has 1 aromatic rings. The zero-order valence-electron chi connectivity index (χ0n) is 7.50. The largest absolute Gasteiger partial charge is 0.396 e. The molecule has 0 amide bonds. The van der Waals surface area contributed by atoms with Crippen LogP contribution in [0.4, 0.5) is 0 Å². The van der Waals surface area contributed by atoms with E-state index in [4.69, 9.17) is 5.11 Å². The number of aromatic amines is 1. The summed E-state index contributed by atoms with van der Waals surface area (Å²) in [7, 11) is 0. The highest BCUT2D eigenvalue weighted by Crippen LogP contribution is 1.88. The maximum absolute atomic E-state index is 10.8. The zero-order valence-corrected chi connectivity index (χ0v) is 7.50. The second kappa shape index (κ2) is 6.61. The topological polar surface area (TPSA) is 53.1 Å². The van der Waals surface area contributed by atoms with E-state index >= 15 is 0 Å². The van der Waals surface area contributed by atoms with Crippen LogP contribution in [-0.2, 0) is 6.42 Å². The molecule has 68 valence electrons. The Morgan fingerprint density at radius 1 is 1.50 bits per heavy atom. The van der Waals surface area contributed by atoms with Gasteiger partial charge in [0.2, 0.25) is 0 Å². The SMILES string of the molecule is CC.O=c1[nH]cccc1CCO. The van der Waals surface area contributed by atoms with Crippen molar-refractivity contribution in [3.05, 3.63) is 34.2 Å². The first-order chi connectivity index (χ1) is 5.84. The fraction of sp³-hybridized carbons (Fsp3) is 0.444. The van der Waals surface area contributed by atoms with E-state index in [1.807, 2.05) is 13.8 Å². The van der Waals surface area contributed by atoms with Crippen LogP contribution in [0.5, 0.6) is 0 Å². The lowest BCUT2D eigenvalue weighted by atomic mass is 10.2. The van der Waals surface area contributed by atoms with Crippen molar-refractivity contribution in [2.75, 3.05) is 6.61 Å². The molecule has 0 fully saturated rings. The number of nitrogens with one attached hydrogen (secondary N) is 1. The molecule has 0 saturated carbocycles. The molecular weight excluding hydrogens is 154 g/mol. The third kappa shape index (κ3) is 3.34. The Hall–Kier alpha value is -1.09. The van der Waals surface area contributed by atoms with Crippen LogP contribution >= 0.6 is 0 Å². The highest BCUT2D eigenvalue weighted by atomic mass is 16.3. The van der Waals surface area contributed by atoms with Gasteiger partial charge in [-0.3, -0.25) is 4.79 Å². The van der Waals surface area contributed by atoms with Gasteiger partial charge in [-0.05, 0) is 6.07 Å². The van der Waals surface area contributed by atoms with Gasteiger partial charge in [-0.1, -0.05) is 19.9 Å². The number of pyridine rings is 1. The normalized spacial score (nSPS) is 8.58. The third-order valence-corrected chi connectivity index (χ3v) is 1.28. The van der Waals surface area contributed by atoms with Gasteiger partial charge in [-0.25, -0.2) is 0 Å². The zero-order chi connectivity index (χ0) is 9.40. The lowest BCUT2D eigenvalue weighted by Crippen LogP contribution is -2.11. The Bertz CT molecular complexity index is 255. The maximum Gasteiger partial charge on any atom is 0.251 e. The lowest BCUT2D eigenvalue weighted by Gasteiger charge is -1.92. The molecule has 12 heavy (non-hydrogen) atoms. The van der Waals surface area contributed by atoms with Crippen molar-refractivity contribution in [3.63, 3.8) is 0 Å². The van der Waals surface area contributed by atoms with Crippen LogP contribution in [0, 0.1) is 0 Å². The molecule has 0 aliphatic carbocycles. The first kappa shape index (κ1) is 10.9. The van der Waals surface area contributed by atoms with E-state index < -0.39 is 0 Å². The number of rotatable bonds is 2.